The van der Waals surface area contributed by atoms with Gasteiger partial charge in [0.25, 0.3) is 0 Å². The smallest absolute Gasteiger partial charge is 0.0541 e. The standard InChI is InChI=1S/C120H108N4OS/c1-69(2)77-29-41-109-97(57-77)98-58-78(70(3)4)30-42-110(98)121(109)93-25-17-21-85(53-93)89-37-49-117-105(65-89)106-66-90(86-22-18-26-94(54-86)122-111-43-31-79(71(5)6)59-99(111)100-60-80(72(7)8)32-44-112(100)122)38-50-118(106)126(117,125)119-51-39-91(87-23-19-27-95(55-87)123-113-45-33-81(73(9)10)61-101(113)102-62-82(74(11)12)34-46-114(102)123)67-107(119)108-68-92(40-52-120(108)126)88-24-20-28-96(56-88)124-115-47-35-83(75(13)14)63-103(115)104-64-84(76(15)16)36-48-116(104)124/h17-76H,1-16H3. The SMILES string of the molecule is CC(C)c1ccc2c(c1)c1cc(C(C)C)ccc1n2-c1cccc(-c2ccc3c(c2)-c2cc(-c4cccc(-n5c6ccc(C(C)C)cc6c6cc(C(C)C)ccc65)c4)ccc2S32(=O)c3ccc(-c4cccc(-n5c6ccc(C(C)C)cc6c6cc(C(C)C)ccc65)c4)cc3-c3cc(-c4cccc(-n5c6ccc(C(C)C)cc6c6cc(C(C)C)ccc65)c4)ccc32)c1. The fraction of sp³-hybridized carbons (Fsp3) is 0.200. The van der Waals surface area contributed by atoms with Gasteiger partial charge in [0.15, 0.2) is 0 Å². The fourth-order valence-electron chi connectivity index (χ4n) is 21.3. The van der Waals surface area contributed by atoms with Crippen molar-refractivity contribution in [2.45, 2.75) is 178 Å². The first kappa shape index (κ1) is 78.8. The lowest BCUT2D eigenvalue weighted by atomic mass is 9.96. The van der Waals surface area contributed by atoms with E-state index < -0.39 is 9.07 Å². The van der Waals surface area contributed by atoms with E-state index in [1.807, 2.05) is 0 Å². The van der Waals surface area contributed by atoms with Gasteiger partial charge in [-0.25, -0.2) is 0 Å². The van der Waals surface area contributed by atoms with Gasteiger partial charge in [0, 0.05) is 94.5 Å². The van der Waals surface area contributed by atoms with Crippen LogP contribution in [0, 0.1) is 0 Å². The molecule has 0 radical (unpaired) electrons. The van der Waals surface area contributed by atoms with E-state index in [0.29, 0.717) is 47.3 Å². The second kappa shape index (κ2) is 29.2. The first-order chi connectivity index (χ1) is 60.8. The Morgan fingerprint density at radius 1 is 0.175 bits per heavy atom. The molecule has 16 aromatic carbocycles. The maximum Gasteiger partial charge on any atom is 0.0541 e. The summed E-state index contributed by atoms with van der Waals surface area (Å²) in [5.41, 5.74) is 36.8. The molecule has 0 aliphatic carbocycles. The van der Waals surface area contributed by atoms with Crippen molar-refractivity contribution in [1.82, 2.24) is 18.3 Å². The van der Waals surface area contributed by atoms with E-state index in [2.05, 4.69) is 444 Å². The van der Waals surface area contributed by atoms with Gasteiger partial charge in [0.2, 0.25) is 0 Å². The van der Waals surface area contributed by atoms with Crippen LogP contribution in [0.15, 0.2) is 335 Å². The van der Waals surface area contributed by atoms with Crippen molar-refractivity contribution < 1.29 is 4.21 Å². The van der Waals surface area contributed by atoms with Crippen LogP contribution in [0.2, 0.25) is 0 Å². The van der Waals surface area contributed by atoms with Crippen molar-refractivity contribution in [3.63, 3.8) is 0 Å². The van der Waals surface area contributed by atoms with E-state index in [4.69, 9.17) is 0 Å². The van der Waals surface area contributed by atoms with Gasteiger partial charge in [-0.05, 0) is 353 Å². The molecule has 0 saturated carbocycles. The maximum atomic E-state index is 19.8. The Hall–Kier alpha value is -13.1. The van der Waals surface area contributed by atoms with Crippen LogP contribution in [0.5, 0.6) is 0 Å². The minimum absolute atomic E-state index is 0.382. The molecule has 0 unspecified atom stereocenters. The van der Waals surface area contributed by atoms with E-state index in [0.717, 1.165) is 109 Å². The first-order valence-electron chi connectivity index (χ1n) is 45.9. The zero-order valence-corrected chi connectivity index (χ0v) is 76.1. The second-order valence-corrected chi connectivity index (χ2v) is 42.4. The van der Waals surface area contributed by atoms with Gasteiger partial charge in [-0.1, -0.05) is 232 Å². The summed E-state index contributed by atoms with van der Waals surface area (Å²) in [5.74, 6) is 3.06. The Kier molecular flexibility index (Phi) is 18.3. The average molecular weight is 1650 g/mol. The first-order valence-corrected chi connectivity index (χ1v) is 47.8. The average Bonchev–Trinajstić information content (AvgIpc) is 1.47. The molecule has 1 spiro atoms. The molecule has 2 aliphatic rings. The van der Waals surface area contributed by atoms with Crippen LogP contribution in [-0.2, 0) is 9.07 Å². The maximum absolute atomic E-state index is 19.8. The molecule has 5 nitrogen and oxygen atoms in total. The number of hydrogen-bond acceptors (Lipinski definition) is 1. The van der Waals surface area contributed by atoms with Crippen molar-refractivity contribution >= 4 is 96.3 Å². The van der Waals surface area contributed by atoms with E-state index in [9.17, 15) is 0 Å². The number of fused-ring (bicyclic) bond motifs is 22. The topological polar surface area (TPSA) is 36.8 Å². The molecule has 0 amide bonds. The number of aromatic nitrogens is 4. The normalized spacial score (nSPS) is 13.9. The molecule has 6 heterocycles. The van der Waals surface area contributed by atoms with Crippen LogP contribution in [0.25, 0.3) is 177 Å². The summed E-state index contributed by atoms with van der Waals surface area (Å²) in [4.78, 5) is 3.31. The summed E-state index contributed by atoms with van der Waals surface area (Å²) >= 11 is 0. The lowest BCUT2D eigenvalue weighted by Gasteiger charge is -2.39. The Balaban J connectivity index is 0.768. The molecule has 22 rings (SSSR count). The molecule has 0 atom stereocenters. The van der Waals surface area contributed by atoms with E-state index in [-0.39, 0.29) is 0 Å². The quantitative estimate of drug-likeness (QED) is 0.0950. The number of rotatable bonds is 16. The van der Waals surface area contributed by atoms with Crippen LogP contribution in [-0.4, -0.2) is 22.5 Å². The molecular weight excluding hydrogens is 1550 g/mol. The Bertz CT molecular complexity index is 6860. The van der Waals surface area contributed by atoms with Crippen molar-refractivity contribution in [2.75, 3.05) is 0 Å². The van der Waals surface area contributed by atoms with Crippen LogP contribution in [0.1, 0.15) is 203 Å². The summed E-state index contributed by atoms with van der Waals surface area (Å²) in [7, 11) is -4.62. The van der Waals surface area contributed by atoms with Gasteiger partial charge in [0.05, 0.1) is 44.1 Å². The van der Waals surface area contributed by atoms with Crippen molar-refractivity contribution in [1.29, 1.82) is 0 Å². The monoisotopic (exact) mass is 1650 g/mol. The third-order valence-electron chi connectivity index (χ3n) is 28.5. The van der Waals surface area contributed by atoms with E-state index >= 15 is 4.21 Å². The summed E-state index contributed by atoms with van der Waals surface area (Å²) in [6.07, 6.45) is 0. The molecule has 2 aliphatic heterocycles. The second-order valence-electron chi connectivity index (χ2n) is 38.8. The lowest BCUT2D eigenvalue weighted by molar-refractivity contribution is 0.658. The highest BCUT2D eigenvalue weighted by Gasteiger charge is 2.58. The molecule has 126 heavy (non-hydrogen) atoms. The van der Waals surface area contributed by atoms with Crippen LogP contribution in [0.4, 0.5) is 0 Å². The molecule has 620 valence electrons. The van der Waals surface area contributed by atoms with Crippen molar-refractivity contribution in [3.8, 4) is 89.5 Å². The van der Waals surface area contributed by atoms with E-state index in [1.54, 1.807) is 0 Å². The summed E-state index contributed by atoms with van der Waals surface area (Å²) in [6.45, 7) is 36.6. The zero-order chi connectivity index (χ0) is 86.5. The van der Waals surface area contributed by atoms with Gasteiger partial charge in [-0.15, -0.1) is 0 Å². The summed E-state index contributed by atoms with van der Waals surface area (Å²) in [5, 5.41) is 10.1. The third kappa shape index (κ3) is 11.9. The number of nitrogens with zero attached hydrogens (tertiary/aromatic N) is 4. The lowest BCUT2D eigenvalue weighted by Crippen LogP contribution is -2.30. The van der Waals surface area contributed by atoms with Gasteiger partial charge < -0.3 is 18.3 Å². The highest BCUT2D eigenvalue weighted by Crippen LogP contribution is 2.72. The zero-order valence-electron chi connectivity index (χ0n) is 75.2. The number of hydrogen-bond donors (Lipinski definition) is 0. The largest absolute Gasteiger partial charge is 0.309 e. The minimum Gasteiger partial charge on any atom is -0.309 e. The van der Waals surface area contributed by atoms with Crippen LogP contribution >= 0.6 is 0 Å². The molecule has 0 N–H and O–H groups in total. The Morgan fingerprint density at radius 3 is 0.492 bits per heavy atom. The summed E-state index contributed by atoms with van der Waals surface area (Å²) in [6, 6.07) is 121. The predicted molar refractivity (Wildman–Crippen MR) is 537 cm³/mol. The minimum atomic E-state index is -4.62. The Labute approximate surface area is 740 Å². The van der Waals surface area contributed by atoms with Gasteiger partial charge in [-0.3, -0.25) is 4.21 Å². The van der Waals surface area contributed by atoms with Gasteiger partial charge >= 0.3 is 0 Å². The fourth-order valence-corrected chi connectivity index (χ4v) is 26.4. The van der Waals surface area contributed by atoms with Crippen LogP contribution < -0.4 is 0 Å². The third-order valence-corrected chi connectivity index (χ3v) is 33.3. The number of benzene rings is 16. The molecule has 20 aromatic rings. The molecule has 4 aromatic heterocycles. The molecule has 6 heteroatoms. The Morgan fingerprint density at radius 2 is 0.333 bits per heavy atom. The van der Waals surface area contributed by atoms with Gasteiger partial charge in [-0.2, -0.15) is 0 Å². The van der Waals surface area contributed by atoms with E-state index in [1.165, 1.54) is 132 Å². The van der Waals surface area contributed by atoms with Crippen molar-refractivity contribution in [3.05, 3.63) is 360 Å². The highest BCUT2D eigenvalue weighted by atomic mass is 32.3. The predicted octanol–water partition coefficient (Wildman–Crippen LogP) is 34.0. The van der Waals surface area contributed by atoms with Crippen LogP contribution in [0.3, 0.4) is 0 Å². The summed E-state index contributed by atoms with van der Waals surface area (Å²) < 4.78 is 29.7. The molecule has 0 saturated heterocycles. The molecular formula is C120H108N4OS. The van der Waals surface area contributed by atoms with Crippen molar-refractivity contribution in [2.24, 2.45) is 0 Å². The van der Waals surface area contributed by atoms with Gasteiger partial charge in [0.1, 0.15) is 0 Å². The highest BCUT2D eigenvalue weighted by molar-refractivity contribution is 8.21. The molecule has 0 fully saturated rings. The molecule has 0 bridgehead atoms.